The van der Waals surface area contributed by atoms with Crippen LogP contribution in [0.15, 0.2) is 66.4 Å². The molecule has 0 spiro atoms. The minimum absolute atomic E-state index is 0.278. The number of fused-ring (bicyclic) bond motifs is 2. The number of hydrogen-bond acceptors (Lipinski definition) is 6. The summed E-state index contributed by atoms with van der Waals surface area (Å²) < 4.78 is 6.02. The number of carboxylic acid groups (broad SMARTS) is 1. The number of nitrogens with zero attached hydrogens (tertiary/aromatic N) is 4. The number of benzene rings is 2. The van der Waals surface area contributed by atoms with Crippen molar-refractivity contribution in [1.82, 2.24) is 14.9 Å². The van der Waals surface area contributed by atoms with E-state index in [2.05, 4.69) is 52.6 Å². The largest absolute Gasteiger partial charge is 0.478 e. The number of allylic oxidation sites excluding steroid dienone is 1. The highest BCUT2D eigenvalue weighted by molar-refractivity contribution is 6.30. The first-order valence-electron chi connectivity index (χ1n) is 16.4. The van der Waals surface area contributed by atoms with E-state index in [-0.39, 0.29) is 11.0 Å². The fourth-order valence-electron chi connectivity index (χ4n) is 7.43. The highest BCUT2D eigenvalue weighted by Crippen LogP contribution is 2.45. The van der Waals surface area contributed by atoms with Gasteiger partial charge in [0.05, 0.1) is 17.9 Å². The molecule has 240 valence electrons. The number of halogens is 1. The van der Waals surface area contributed by atoms with Crippen molar-refractivity contribution in [2.75, 3.05) is 49.1 Å². The van der Waals surface area contributed by atoms with E-state index in [9.17, 15) is 9.90 Å². The number of nitrogens with one attached hydrogen (secondary N) is 1. The fourth-order valence-corrected chi connectivity index (χ4v) is 7.55. The van der Waals surface area contributed by atoms with Crippen molar-refractivity contribution in [3.8, 4) is 5.88 Å². The number of aromatic carboxylic acids is 1. The Bertz CT molecular complexity index is 1790. The zero-order valence-corrected chi connectivity index (χ0v) is 27.6. The van der Waals surface area contributed by atoms with Crippen LogP contribution in [0.25, 0.3) is 16.6 Å². The van der Waals surface area contributed by atoms with Gasteiger partial charge in [0.1, 0.15) is 11.3 Å². The van der Waals surface area contributed by atoms with Gasteiger partial charge in [-0.1, -0.05) is 37.6 Å². The highest BCUT2D eigenvalue weighted by atomic mass is 35.5. The molecule has 3 aliphatic rings. The van der Waals surface area contributed by atoms with Crippen molar-refractivity contribution in [3.63, 3.8) is 0 Å². The Morgan fingerprint density at radius 2 is 1.80 bits per heavy atom. The quantitative estimate of drug-likeness (QED) is 0.221. The lowest BCUT2D eigenvalue weighted by Crippen LogP contribution is -2.50. The molecule has 4 aromatic rings. The van der Waals surface area contributed by atoms with Gasteiger partial charge in [0.25, 0.3) is 0 Å². The lowest BCUT2D eigenvalue weighted by molar-refractivity contribution is 0.0697. The van der Waals surface area contributed by atoms with Crippen LogP contribution in [0.5, 0.6) is 5.88 Å². The Morgan fingerprint density at radius 3 is 2.57 bits per heavy atom. The van der Waals surface area contributed by atoms with E-state index in [0.717, 1.165) is 72.9 Å². The third-order valence-corrected chi connectivity index (χ3v) is 10.3. The molecule has 2 aromatic carbocycles. The molecule has 1 aliphatic carbocycles. The summed E-state index contributed by atoms with van der Waals surface area (Å²) in [6.07, 6.45) is 5.99. The number of hydrogen-bond donors (Lipinski definition) is 2. The maximum Gasteiger partial charge on any atom is 0.337 e. The third-order valence-electron chi connectivity index (χ3n) is 10.1. The molecular formula is C37H42ClN5O3. The predicted molar refractivity (Wildman–Crippen MR) is 186 cm³/mol. The maximum absolute atomic E-state index is 12.5. The van der Waals surface area contributed by atoms with E-state index < -0.39 is 5.97 Å². The molecule has 1 atom stereocenters. The van der Waals surface area contributed by atoms with Crippen molar-refractivity contribution in [2.24, 2.45) is 5.41 Å². The van der Waals surface area contributed by atoms with Crippen LogP contribution in [0, 0.1) is 5.41 Å². The molecule has 0 bridgehead atoms. The van der Waals surface area contributed by atoms with Gasteiger partial charge in [-0.25, -0.2) is 4.79 Å². The number of rotatable bonds is 6. The number of anilines is 3. The molecule has 0 amide bonds. The molecule has 2 N–H and O–H groups in total. The van der Waals surface area contributed by atoms with Crippen LogP contribution in [0.2, 0.25) is 5.02 Å². The summed E-state index contributed by atoms with van der Waals surface area (Å²) in [5.74, 6) is -0.418. The summed E-state index contributed by atoms with van der Waals surface area (Å²) in [6, 6.07) is 18.5. The zero-order chi connectivity index (χ0) is 32.0. The molecule has 1 unspecified atom stereocenters. The fraction of sp³-hybridized carbons (Fsp3) is 0.405. The van der Waals surface area contributed by atoms with Crippen LogP contribution in [0.3, 0.4) is 0 Å². The Labute approximate surface area is 275 Å². The molecule has 0 radical (unpaired) electrons. The third kappa shape index (κ3) is 5.96. The summed E-state index contributed by atoms with van der Waals surface area (Å²) in [6.45, 7) is 11.9. The molecule has 2 aliphatic heterocycles. The van der Waals surface area contributed by atoms with Gasteiger partial charge >= 0.3 is 5.97 Å². The van der Waals surface area contributed by atoms with Gasteiger partial charge in [-0.05, 0) is 97.2 Å². The molecule has 9 heteroatoms. The predicted octanol–water partition coefficient (Wildman–Crippen LogP) is 8.01. The van der Waals surface area contributed by atoms with Crippen LogP contribution in [-0.4, -0.2) is 71.3 Å². The van der Waals surface area contributed by atoms with Crippen molar-refractivity contribution >= 4 is 51.2 Å². The van der Waals surface area contributed by atoms with Crippen LogP contribution >= 0.6 is 11.6 Å². The van der Waals surface area contributed by atoms with Crippen molar-refractivity contribution < 1.29 is 14.6 Å². The zero-order valence-electron chi connectivity index (χ0n) is 26.9. The van der Waals surface area contributed by atoms with Gasteiger partial charge in [-0.2, -0.15) is 4.98 Å². The van der Waals surface area contributed by atoms with Gasteiger partial charge in [-0.15, -0.1) is 0 Å². The van der Waals surface area contributed by atoms with E-state index >= 15 is 0 Å². The number of aromatic nitrogens is 2. The van der Waals surface area contributed by atoms with Crippen molar-refractivity contribution in [2.45, 2.75) is 52.5 Å². The molecule has 7 rings (SSSR count). The summed E-state index contributed by atoms with van der Waals surface area (Å²) in [7, 11) is 0. The minimum atomic E-state index is -0.942. The lowest BCUT2D eigenvalue weighted by atomic mass is 9.71. The lowest BCUT2D eigenvalue weighted by Gasteiger charge is -2.43. The molecule has 0 saturated carbocycles. The molecule has 8 nitrogen and oxygen atoms in total. The Hall–Kier alpha value is -4.01. The van der Waals surface area contributed by atoms with E-state index in [1.807, 2.05) is 42.6 Å². The van der Waals surface area contributed by atoms with E-state index in [1.165, 1.54) is 17.6 Å². The summed E-state index contributed by atoms with van der Waals surface area (Å²) in [4.78, 5) is 27.4. The summed E-state index contributed by atoms with van der Waals surface area (Å²) in [5.41, 5.74) is 8.13. The second kappa shape index (κ2) is 12.3. The maximum atomic E-state index is 12.5. The van der Waals surface area contributed by atoms with Crippen molar-refractivity contribution in [3.05, 3.63) is 82.5 Å². The van der Waals surface area contributed by atoms with Crippen LogP contribution in [-0.2, 0) is 0 Å². The van der Waals surface area contributed by atoms with E-state index in [1.54, 1.807) is 11.6 Å². The first-order chi connectivity index (χ1) is 22.2. The van der Waals surface area contributed by atoms with Gasteiger partial charge < -0.3 is 24.6 Å². The molecule has 4 heterocycles. The van der Waals surface area contributed by atoms with Crippen molar-refractivity contribution in [1.29, 1.82) is 0 Å². The molecule has 1 saturated heterocycles. The monoisotopic (exact) mass is 639 g/mol. The second-order valence-corrected chi connectivity index (χ2v) is 14.1. The number of carbonyl (C=O) groups is 1. The van der Waals surface area contributed by atoms with Crippen LogP contribution in [0.4, 0.5) is 17.1 Å². The first-order valence-corrected chi connectivity index (χ1v) is 16.8. The molecule has 46 heavy (non-hydrogen) atoms. The summed E-state index contributed by atoms with van der Waals surface area (Å²) in [5, 5.41) is 11.9. The normalized spacial score (nSPS) is 19.5. The average molecular weight is 640 g/mol. The van der Waals surface area contributed by atoms with Gasteiger partial charge in [0.15, 0.2) is 0 Å². The standard InChI is InChI=1S/C37H42ClN5O3/c1-24(29-11-13-37(2,3)23-31(29)25-5-7-27(38)8-6-25)41-16-18-42(19-17-41)28-9-10-30(36(44)45)32(22-28)43-15-4-20-46-35-33(43)21-26-12-14-39-34(26)40-35/h5-10,12,14,21-22,24H,4,11,13,15-20,23H2,1-3H3,(H,39,40)(H,44,45). The molecule has 2 aromatic heterocycles. The SMILES string of the molecule is CC(C1=C(c2ccc(Cl)cc2)CC(C)(C)CC1)N1CCN(c2ccc(C(=O)O)c(N3CCCOc4nc5[nH]ccc5cc43)c2)CC1. The summed E-state index contributed by atoms with van der Waals surface area (Å²) >= 11 is 6.25. The Balaban J connectivity index is 1.14. The van der Waals surface area contributed by atoms with Gasteiger partial charge in [-0.3, -0.25) is 4.90 Å². The molecular weight excluding hydrogens is 598 g/mol. The smallest absolute Gasteiger partial charge is 0.337 e. The van der Waals surface area contributed by atoms with Gasteiger partial charge in [0, 0.05) is 61.1 Å². The number of aromatic amines is 1. The number of ether oxygens (including phenoxy) is 1. The number of pyridine rings is 1. The minimum Gasteiger partial charge on any atom is -0.478 e. The Morgan fingerprint density at radius 1 is 1.02 bits per heavy atom. The second-order valence-electron chi connectivity index (χ2n) is 13.6. The topological polar surface area (TPSA) is 84.9 Å². The van der Waals surface area contributed by atoms with E-state index in [4.69, 9.17) is 21.3 Å². The number of carboxylic acids is 1. The van der Waals surface area contributed by atoms with Gasteiger partial charge in [0.2, 0.25) is 5.88 Å². The van der Waals surface area contributed by atoms with Crippen LogP contribution in [0.1, 0.15) is 62.4 Å². The first kappa shape index (κ1) is 30.6. The molecule has 1 fully saturated rings. The highest BCUT2D eigenvalue weighted by Gasteiger charge is 2.33. The van der Waals surface area contributed by atoms with E-state index in [0.29, 0.717) is 30.8 Å². The average Bonchev–Trinajstić information content (AvgIpc) is 3.41. The number of H-pyrrole nitrogens is 1. The number of piperazine rings is 1. The Kier molecular flexibility index (Phi) is 8.19. The van der Waals surface area contributed by atoms with Crippen LogP contribution < -0.4 is 14.5 Å².